The summed E-state index contributed by atoms with van der Waals surface area (Å²) in [6.45, 7) is 2.89. The number of hydrogen-bond acceptors (Lipinski definition) is 5. The summed E-state index contributed by atoms with van der Waals surface area (Å²) in [7, 11) is 0. The fourth-order valence-electron chi connectivity index (χ4n) is 1.92. The van der Waals surface area contributed by atoms with Crippen LogP contribution in [-0.2, 0) is 0 Å². The maximum absolute atomic E-state index is 10.7. The molecule has 6 heteroatoms. The number of nitro groups is 1. The lowest BCUT2D eigenvalue weighted by molar-refractivity contribution is -0.384. The predicted octanol–water partition coefficient (Wildman–Crippen LogP) is 2.98. The van der Waals surface area contributed by atoms with Gasteiger partial charge in [-0.15, -0.1) is 0 Å². The average Bonchev–Trinajstić information content (AvgIpc) is 2.45. The van der Waals surface area contributed by atoms with Crippen molar-refractivity contribution in [2.24, 2.45) is 0 Å². The molecular weight excluding hydrogens is 270 g/mol. The van der Waals surface area contributed by atoms with E-state index in [0.717, 1.165) is 17.0 Å². The Morgan fingerprint density at radius 1 is 1.29 bits per heavy atom. The minimum atomic E-state index is -0.403. The van der Waals surface area contributed by atoms with E-state index >= 15 is 0 Å². The molecular formula is C15H17N3O3. The highest BCUT2D eigenvalue weighted by atomic mass is 16.6. The van der Waals surface area contributed by atoms with Gasteiger partial charge in [0, 0.05) is 36.1 Å². The lowest BCUT2D eigenvalue weighted by Crippen LogP contribution is -2.12. The van der Waals surface area contributed by atoms with E-state index in [1.165, 1.54) is 6.07 Å². The Morgan fingerprint density at radius 3 is 2.76 bits per heavy atom. The molecule has 0 aromatic heterocycles. The predicted molar refractivity (Wildman–Crippen MR) is 82.7 cm³/mol. The van der Waals surface area contributed by atoms with Crippen LogP contribution in [0.5, 0.6) is 5.75 Å². The molecule has 0 spiro atoms. The minimum Gasteiger partial charge on any atom is -0.492 e. The molecule has 110 valence electrons. The molecule has 0 radical (unpaired) electrons. The molecule has 2 aromatic carbocycles. The molecule has 0 aliphatic carbocycles. The maximum Gasteiger partial charge on any atom is 0.269 e. The maximum atomic E-state index is 10.7. The quantitative estimate of drug-likeness (QED) is 0.369. The molecule has 0 saturated heterocycles. The van der Waals surface area contributed by atoms with E-state index in [0.29, 0.717) is 18.8 Å². The number of nitro benzene ring substituents is 1. The van der Waals surface area contributed by atoms with E-state index in [2.05, 4.69) is 5.32 Å². The zero-order chi connectivity index (χ0) is 15.2. The summed E-state index contributed by atoms with van der Waals surface area (Å²) in [6.07, 6.45) is 0. The van der Waals surface area contributed by atoms with Crippen molar-refractivity contribution < 1.29 is 9.66 Å². The minimum absolute atomic E-state index is 0.0917. The van der Waals surface area contributed by atoms with Crippen LogP contribution in [0.15, 0.2) is 42.5 Å². The summed E-state index contributed by atoms with van der Waals surface area (Å²) < 4.78 is 5.56. The second-order valence-electron chi connectivity index (χ2n) is 4.60. The smallest absolute Gasteiger partial charge is 0.269 e. The van der Waals surface area contributed by atoms with E-state index in [9.17, 15) is 10.1 Å². The Hall–Kier alpha value is -2.76. The Labute approximate surface area is 122 Å². The topological polar surface area (TPSA) is 90.4 Å². The van der Waals surface area contributed by atoms with Crippen LogP contribution in [0.2, 0.25) is 0 Å². The van der Waals surface area contributed by atoms with Gasteiger partial charge in [0.25, 0.3) is 5.69 Å². The summed E-state index contributed by atoms with van der Waals surface area (Å²) in [4.78, 5) is 10.3. The number of nitrogens with two attached hydrogens (primary N) is 1. The highest BCUT2D eigenvalue weighted by Gasteiger charge is 2.07. The van der Waals surface area contributed by atoms with Gasteiger partial charge in [-0.05, 0) is 30.7 Å². The Bertz CT molecular complexity index is 644. The largest absolute Gasteiger partial charge is 0.492 e. The Balaban J connectivity index is 1.85. The zero-order valence-electron chi connectivity index (χ0n) is 11.7. The third kappa shape index (κ3) is 4.10. The van der Waals surface area contributed by atoms with Crippen LogP contribution in [0, 0.1) is 17.0 Å². The summed E-state index contributed by atoms with van der Waals surface area (Å²) >= 11 is 0. The van der Waals surface area contributed by atoms with Gasteiger partial charge >= 0.3 is 0 Å². The van der Waals surface area contributed by atoms with Gasteiger partial charge < -0.3 is 15.8 Å². The molecule has 3 N–H and O–H groups in total. The van der Waals surface area contributed by atoms with Gasteiger partial charge in [-0.2, -0.15) is 0 Å². The number of nitrogens with zero attached hydrogens (tertiary/aromatic N) is 1. The van der Waals surface area contributed by atoms with E-state index in [4.69, 9.17) is 10.5 Å². The number of rotatable bonds is 6. The van der Waals surface area contributed by atoms with E-state index < -0.39 is 4.92 Å². The summed E-state index contributed by atoms with van der Waals surface area (Å²) in [5.74, 6) is 0.720. The highest BCUT2D eigenvalue weighted by molar-refractivity contribution is 5.55. The van der Waals surface area contributed by atoms with Crippen LogP contribution < -0.4 is 15.8 Å². The van der Waals surface area contributed by atoms with Gasteiger partial charge in [-0.1, -0.05) is 6.07 Å². The molecule has 0 aliphatic rings. The summed E-state index contributed by atoms with van der Waals surface area (Å²) in [5, 5.41) is 13.8. The SMILES string of the molecule is Cc1cc([N+](=O)[O-])ccc1NCCOc1cccc(N)c1. The molecule has 0 aliphatic heterocycles. The average molecular weight is 287 g/mol. The first-order chi connectivity index (χ1) is 10.1. The first-order valence-electron chi connectivity index (χ1n) is 6.53. The van der Waals surface area contributed by atoms with E-state index in [-0.39, 0.29) is 5.69 Å². The third-order valence-electron chi connectivity index (χ3n) is 2.97. The van der Waals surface area contributed by atoms with E-state index in [1.54, 1.807) is 24.3 Å². The number of anilines is 2. The van der Waals surface area contributed by atoms with Crippen LogP contribution in [0.1, 0.15) is 5.56 Å². The monoisotopic (exact) mass is 287 g/mol. The number of hydrogen-bond donors (Lipinski definition) is 2. The van der Waals surface area contributed by atoms with Gasteiger partial charge in [-0.3, -0.25) is 10.1 Å². The molecule has 0 bridgehead atoms. The van der Waals surface area contributed by atoms with Crippen LogP contribution in [0.3, 0.4) is 0 Å². The molecule has 2 rings (SSSR count). The first kappa shape index (κ1) is 14.6. The lowest BCUT2D eigenvalue weighted by Gasteiger charge is -2.10. The van der Waals surface area contributed by atoms with Gasteiger partial charge in [0.05, 0.1) is 4.92 Å². The van der Waals surface area contributed by atoms with Crippen molar-refractivity contribution in [2.75, 3.05) is 24.2 Å². The van der Waals surface area contributed by atoms with Crippen LogP contribution in [0.4, 0.5) is 17.1 Å². The van der Waals surface area contributed by atoms with Crippen molar-refractivity contribution in [1.29, 1.82) is 0 Å². The van der Waals surface area contributed by atoms with Crippen molar-refractivity contribution in [3.63, 3.8) is 0 Å². The molecule has 6 nitrogen and oxygen atoms in total. The highest BCUT2D eigenvalue weighted by Crippen LogP contribution is 2.21. The van der Waals surface area contributed by atoms with Crippen molar-refractivity contribution in [3.8, 4) is 5.75 Å². The number of non-ortho nitro benzene ring substituents is 1. The van der Waals surface area contributed by atoms with Crippen molar-refractivity contribution in [3.05, 3.63) is 58.1 Å². The van der Waals surface area contributed by atoms with Crippen molar-refractivity contribution in [1.82, 2.24) is 0 Å². The first-order valence-corrected chi connectivity index (χ1v) is 6.53. The van der Waals surface area contributed by atoms with Crippen LogP contribution in [0.25, 0.3) is 0 Å². The van der Waals surface area contributed by atoms with Gasteiger partial charge in [-0.25, -0.2) is 0 Å². The molecule has 2 aromatic rings. The van der Waals surface area contributed by atoms with Crippen LogP contribution >= 0.6 is 0 Å². The number of benzene rings is 2. The molecule has 0 atom stereocenters. The number of nitrogens with one attached hydrogen (secondary N) is 1. The third-order valence-corrected chi connectivity index (χ3v) is 2.97. The van der Waals surface area contributed by atoms with E-state index in [1.807, 2.05) is 19.1 Å². The summed E-state index contributed by atoms with van der Waals surface area (Å²) in [6, 6.07) is 12.0. The Morgan fingerprint density at radius 2 is 2.10 bits per heavy atom. The molecule has 0 fully saturated rings. The lowest BCUT2D eigenvalue weighted by atomic mass is 10.2. The number of aryl methyl sites for hydroxylation is 1. The standard InChI is InChI=1S/C15H17N3O3/c1-11-9-13(18(19)20)5-6-15(11)17-7-8-21-14-4-2-3-12(16)10-14/h2-6,9-10,17H,7-8,16H2,1H3. The normalized spacial score (nSPS) is 10.1. The van der Waals surface area contributed by atoms with Crippen molar-refractivity contribution in [2.45, 2.75) is 6.92 Å². The fraction of sp³-hybridized carbons (Fsp3) is 0.200. The Kier molecular flexibility index (Phi) is 4.61. The van der Waals surface area contributed by atoms with Gasteiger partial charge in [0.1, 0.15) is 12.4 Å². The molecule has 0 amide bonds. The summed E-state index contributed by atoms with van der Waals surface area (Å²) in [5.41, 5.74) is 8.10. The van der Waals surface area contributed by atoms with Crippen molar-refractivity contribution >= 4 is 17.1 Å². The molecule has 0 unspecified atom stereocenters. The molecule has 0 heterocycles. The van der Waals surface area contributed by atoms with Gasteiger partial charge in [0.15, 0.2) is 0 Å². The van der Waals surface area contributed by atoms with Crippen LogP contribution in [-0.4, -0.2) is 18.1 Å². The van der Waals surface area contributed by atoms with Gasteiger partial charge in [0.2, 0.25) is 0 Å². The second kappa shape index (κ2) is 6.60. The number of ether oxygens (including phenoxy) is 1. The fourth-order valence-corrected chi connectivity index (χ4v) is 1.92. The zero-order valence-corrected chi connectivity index (χ0v) is 11.7. The second-order valence-corrected chi connectivity index (χ2v) is 4.60. The molecule has 21 heavy (non-hydrogen) atoms. The molecule has 0 saturated carbocycles. The number of nitrogen functional groups attached to an aromatic ring is 1.